The lowest BCUT2D eigenvalue weighted by atomic mass is 10.2. The van der Waals surface area contributed by atoms with E-state index in [9.17, 15) is 18.0 Å². The van der Waals surface area contributed by atoms with Gasteiger partial charge in [-0.2, -0.15) is 13.2 Å². The first kappa shape index (κ1) is 16.0. The van der Waals surface area contributed by atoms with Crippen molar-refractivity contribution in [3.8, 4) is 0 Å². The predicted octanol–water partition coefficient (Wildman–Crippen LogP) is 2.60. The molecule has 2 aromatic rings. The Hall–Kier alpha value is -1.90. The highest BCUT2D eigenvalue weighted by Crippen LogP contribution is 2.30. The van der Waals surface area contributed by atoms with Gasteiger partial charge in [-0.3, -0.25) is 4.79 Å². The summed E-state index contributed by atoms with van der Waals surface area (Å²) < 4.78 is 36.9. The number of alkyl halides is 3. The second-order valence-electron chi connectivity index (χ2n) is 5.43. The summed E-state index contributed by atoms with van der Waals surface area (Å²) in [5, 5.41) is 0.949. The van der Waals surface area contributed by atoms with Crippen molar-refractivity contribution in [2.24, 2.45) is 0 Å². The lowest BCUT2D eigenvalue weighted by molar-refractivity contribution is -0.161. The van der Waals surface area contributed by atoms with Crippen molar-refractivity contribution in [2.45, 2.75) is 19.5 Å². The Morgan fingerprint density at radius 2 is 1.96 bits per heavy atom. The van der Waals surface area contributed by atoms with Crippen LogP contribution in [0.3, 0.4) is 0 Å². The molecule has 0 saturated carbocycles. The molecule has 1 aliphatic rings. The van der Waals surface area contributed by atoms with Crippen LogP contribution in [0.1, 0.15) is 11.3 Å². The molecule has 1 fully saturated rings. The number of rotatable bonds is 2. The summed E-state index contributed by atoms with van der Waals surface area (Å²) in [5.74, 6) is -0.0846. The number of amides is 1. The van der Waals surface area contributed by atoms with E-state index < -0.39 is 18.5 Å². The molecule has 9 heteroatoms. The number of carbonyl (C=O) groups excluding carboxylic acids is 1. The van der Waals surface area contributed by atoms with Crippen molar-refractivity contribution in [1.82, 2.24) is 14.9 Å². The Morgan fingerprint density at radius 1 is 1.26 bits per heavy atom. The molecule has 1 amide bonds. The summed E-state index contributed by atoms with van der Waals surface area (Å²) in [6, 6.07) is 2.01. The second-order valence-corrected chi connectivity index (χ2v) is 6.67. The third-order valence-corrected chi connectivity index (χ3v) is 4.67. The first-order valence-electron chi connectivity index (χ1n) is 7.14. The van der Waals surface area contributed by atoms with Crippen LogP contribution in [-0.2, 0) is 4.79 Å². The number of carbonyl (C=O) groups is 1. The van der Waals surface area contributed by atoms with Gasteiger partial charge in [0.25, 0.3) is 0 Å². The number of aryl methyl sites for hydroxylation is 1. The Kier molecular flexibility index (Phi) is 4.13. The summed E-state index contributed by atoms with van der Waals surface area (Å²) in [7, 11) is 0. The molecule has 0 unspecified atom stereocenters. The van der Waals surface area contributed by atoms with E-state index in [4.69, 9.17) is 0 Å². The largest absolute Gasteiger partial charge is 0.397 e. The molecule has 0 atom stereocenters. The molecule has 3 rings (SSSR count). The number of piperazine rings is 1. The molecule has 124 valence electrons. The fourth-order valence-corrected chi connectivity index (χ4v) is 3.51. The zero-order valence-corrected chi connectivity index (χ0v) is 13.2. The number of anilines is 1. The Labute approximate surface area is 134 Å². The van der Waals surface area contributed by atoms with Crippen LogP contribution in [-0.4, -0.2) is 53.1 Å². The van der Waals surface area contributed by atoms with Crippen molar-refractivity contribution in [2.75, 3.05) is 31.1 Å². The third kappa shape index (κ3) is 3.54. The van der Waals surface area contributed by atoms with Gasteiger partial charge in [-0.25, -0.2) is 9.97 Å². The molecule has 0 radical (unpaired) electrons. The van der Waals surface area contributed by atoms with Crippen molar-refractivity contribution in [3.05, 3.63) is 17.3 Å². The quantitative estimate of drug-likeness (QED) is 0.840. The van der Waals surface area contributed by atoms with E-state index >= 15 is 0 Å². The molecule has 0 spiro atoms. The van der Waals surface area contributed by atoms with E-state index in [1.54, 1.807) is 11.3 Å². The molecule has 1 aliphatic heterocycles. The molecule has 0 aliphatic carbocycles. The molecule has 3 heterocycles. The average molecular weight is 344 g/mol. The topological polar surface area (TPSA) is 49.3 Å². The molecule has 2 aromatic heterocycles. The summed E-state index contributed by atoms with van der Waals surface area (Å²) >= 11 is 1.57. The zero-order chi connectivity index (χ0) is 16.6. The molecular formula is C14H15F3N4OS. The van der Waals surface area contributed by atoms with Crippen molar-refractivity contribution in [3.63, 3.8) is 0 Å². The van der Waals surface area contributed by atoms with E-state index in [1.807, 2.05) is 17.9 Å². The van der Waals surface area contributed by atoms with Crippen LogP contribution in [0.15, 0.2) is 12.4 Å². The fourth-order valence-electron chi connectivity index (χ4n) is 2.67. The minimum absolute atomic E-state index is 0.267. The van der Waals surface area contributed by atoms with Crippen LogP contribution in [0.4, 0.5) is 19.0 Å². The highest BCUT2D eigenvalue weighted by atomic mass is 32.1. The maximum Gasteiger partial charge on any atom is 0.397 e. The van der Waals surface area contributed by atoms with Gasteiger partial charge >= 0.3 is 6.18 Å². The van der Waals surface area contributed by atoms with Crippen LogP contribution < -0.4 is 4.90 Å². The summed E-state index contributed by atoms with van der Waals surface area (Å²) in [5.41, 5.74) is 0. The Balaban J connectivity index is 1.70. The number of halogens is 3. The van der Waals surface area contributed by atoms with Gasteiger partial charge < -0.3 is 9.80 Å². The van der Waals surface area contributed by atoms with Gasteiger partial charge in [-0.05, 0) is 13.0 Å². The van der Waals surface area contributed by atoms with Crippen molar-refractivity contribution >= 4 is 33.3 Å². The minimum atomic E-state index is -4.46. The van der Waals surface area contributed by atoms with Crippen molar-refractivity contribution in [1.29, 1.82) is 0 Å². The summed E-state index contributed by atoms with van der Waals surface area (Å²) in [6.45, 7) is 3.45. The SMILES string of the molecule is Cc1cc2c(N3CCN(C(=O)CC(F)(F)F)CC3)ncnc2s1. The molecule has 5 nitrogen and oxygen atoms in total. The number of fused-ring (bicyclic) bond motifs is 1. The van der Waals surface area contributed by atoms with E-state index in [-0.39, 0.29) is 13.1 Å². The number of aromatic nitrogens is 2. The highest BCUT2D eigenvalue weighted by Gasteiger charge is 2.34. The zero-order valence-electron chi connectivity index (χ0n) is 12.4. The number of thiophene rings is 1. The third-order valence-electron chi connectivity index (χ3n) is 3.72. The van der Waals surface area contributed by atoms with Gasteiger partial charge in [0.15, 0.2) is 0 Å². The number of nitrogens with zero attached hydrogens (tertiary/aromatic N) is 4. The smallest absolute Gasteiger partial charge is 0.352 e. The van der Waals surface area contributed by atoms with Gasteiger partial charge in [-0.15, -0.1) is 11.3 Å². The van der Waals surface area contributed by atoms with Crippen LogP contribution in [0, 0.1) is 6.92 Å². The summed E-state index contributed by atoms with van der Waals surface area (Å²) in [4.78, 5) is 25.5. The molecule has 23 heavy (non-hydrogen) atoms. The molecule has 1 saturated heterocycles. The van der Waals surface area contributed by atoms with Gasteiger partial charge in [0, 0.05) is 31.1 Å². The van der Waals surface area contributed by atoms with E-state index in [2.05, 4.69) is 9.97 Å². The number of hydrogen-bond donors (Lipinski definition) is 0. The van der Waals surface area contributed by atoms with Gasteiger partial charge in [0.2, 0.25) is 5.91 Å². The van der Waals surface area contributed by atoms with Crippen LogP contribution in [0.25, 0.3) is 10.2 Å². The van der Waals surface area contributed by atoms with E-state index in [0.717, 1.165) is 20.9 Å². The van der Waals surface area contributed by atoms with Crippen LogP contribution >= 0.6 is 11.3 Å². The lowest BCUT2D eigenvalue weighted by Crippen LogP contribution is -2.49. The molecule has 0 N–H and O–H groups in total. The summed E-state index contributed by atoms with van der Waals surface area (Å²) in [6.07, 6.45) is -4.36. The maximum atomic E-state index is 12.3. The average Bonchev–Trinajstić information content (AvgIpc) is 2.85. The van der Waals surface area contributed by atoms with Crippen LogP contribution in [0.5, 0.6) is 0 Å². The van der Waals surface area contributed by atoms with Crippen LogP contribution in [0.2, 0.25) is 0 Å². The second kappa shape index (κ2) is 5.95. The predicted molar refractivity (Wildman–Crippen MR) is 81.6 cm³/mol. The van der Waals surface area contributed by atoms with E-state index in [1.165, 1.54) is 11.2 Å². The Bertz CT molecular complexity index is 722. The monoisotopic (exact) mass is 344 g/mol. The lowest BCUT2D eigenvalue weighted by Gasteiger charge is -2.35. The Morgan fingerprint density at radius 3 is 2.61 bits per heavy atom. The highest BCUT2D eigenvalue weighted by molar-refractivity contribution is 7.18. The number of hydrogen-bond acceptors (Lipinski definition) is 5. The first-order chi connectivity index (χ1) is 10.8. The normalized spacial score (nSPS) is 16.2. The maximum absolute atomic E-state index is 12.3. The fraction of sp³-hybridized carbons (Fsp3) is 0.500. The molecule has 0 aromatic carbocycles. The van der Waals surface area contributed by atoms with Gasteiger partial charge in [0.05, 0.1) is 5.39 Å². The van der Waals surface area contributed by atoms with Gasteiger partial charge in [-0.1, -0.05) is 0 Å². The first-order valence-corrected chi connectivity index (χ1v) is 7.96. The minimum Gasteiger partial charge on any atom is -0.352 e. The van der Waals surface area contributed by atoms with Gasteiger partial charge in [0.1, 0.15) is 23.4 Å². The van der Waals surface area contributed by atoms with Crippen molar-refractivity contribution < 1.29 is 18.0 Å². The molecular weight excluding hydrogens is 329 g/mol. The van der Waals surface area contributed by atoms with E-state index in [0.29, 0.717) is 13.1 Å². The standard InChI is InChI=1S/C14H15F3N4OS/c1-9-6-10-12(18-8-19-13(10)23-9)21-4-2-20(3-5-21)11(22)7-14(15,16)17/h6,8H,2-5,7H2,1H3. The molecule has 0 bridgehead atoms.